The van der Waals surface area contributed by atoms with Crippen LogP contribution < -0.4 is 5.32 Å². The highest BCUT2D eigenvalue weighted by Crippen LogP contribution is 2.24. The summed E-state index contributed by atoms with van der Waals surface area (Å²) < 4.78 is 0.894. The zero-order valence-electron chi connectivity index (χ0n) is 11.3. The molecule has 0 unspecified atom stereocenters. The highest BCUT2D eigenvalue weighted by atomic mass is 79.9. The lowest BCUT2D eigenvalue weighted by Gasteiger charge is -2.09. The Morgan fingerprint density at radius 1 is 0.947 bits per heavy atom. The van der Waals surface area contributed by atoms with E-state index < -0.39 is 0 Å². The SMILES string of the molecule is Cc1cc(C)cc(C(=O)Nc2ccc(C)cc2Br)c1. The van der Waals surface area contributed by atoms with Crippen LogP contribution in [0, 0.1) is 20.8 Å². The molecular formula is C16H16BrNO. The highest BCUT2D eigenvalue weighted by Gasteiger charge is 2.09. The van der Waals surface area contributed by atoms with Crippen molar-refractivity contribution < 1.29 is 4.79 Å². The van der Waals surface area contributed by atoms with Crippen LogP contribution >= 0.6 is 15.9 Å². The van der Waals surface area contributed by atoms with Gasteiger partial charge in [-0.2, -0.15) is 0 Å². The van der Waals surface area contributed by atoms with Crippen molar-refractivity contribution in [2.24, 2.45) is 0 Å². The molecule has 0 aliphatic heterocycles. The van der Waals surface area contributed by atoms with Crippen molar-refractivity contribution in [3.05, 3.63) is 63.1 Å². The summed E-state index contributed by atoms with van der Waals surface area (Å²) in [6, 6.07) is 11.7. The van der Waals surface area contributed by atoms with Crippen LogP contribution in [0.5, 0.6) is 0 Å². The highest BCUT2D eigenvalue weighted by molar-refractivity contribution is 9.10. The Morgan fingerprint density at radius 2 is 1.58 bits per heavy atom. The average Bonchev–Trinajstić information content (AvgIpc) is 2.31. The van der Waals surface area contributed by atoms with Crippen molar-refractivity contribution in [2.75, 3.05) is 5.32 Å². The Labute approximate surface area is 122 Å². The second-order valence-corrected chi connectivity index (χ2v) is 5.67. The molecule has 0 aliphatic rings. The molecule has 0 aromatic heterocycles. The lowest BCUT2D eigenvalue weighted by atomic mass is 10.1. The van der Waals surface area contributed by atoms with Crippen LogP contribution in [0.1, 0.15) is 27.0 Å². The van der Waals surface area contributed by atoms with Gasteiger partial charge in [0, 0.05) is 10.0 Å². The van der Waals surface area contributed by atoms with E-state index in [1.165, 1.54) is 0 Å². The molecule has 0 bridgehead atoms. The third-order valence-corrected chi connectivity index (χ3v) is 3.51. The zero-order valence-corrected chi connectivity index (χ0v) is 12.8. The van der Waals surface area contributed by atoms with Gasteiger partial charge in [0.1, 0.15) is 0 Å². The first kappa shape index (κ1) is 13.8. The summed E-state index contributed by atoms with van der Waals surface area (Å²) in [5.41, 5.74) is 4.80. The van der Waals surface area contributed by atoms with Gasteiger partial charge in [-0.05, 0) is 66.5 Å². The van der Waals surface area contributed by atoms with E-state index in [0.717, 1.165) is 26.9 Å². The minimum absolute atomic E-state index is 0.0867. The van der Waals surface area contributed by atoms with Crippen molar-refractivity contribution in [1.29, 1.82) is 0 Å². The maximum Gasteiger partial charge on any atom is 0.255 e. The number of benzene rings is 2. The molecule has 0 heterocycles. The van der Waals surface area contributed by atoms with Crippen LogP contribution in [-0.2, 0) is 0 Å². The third-order valence-electron chi connectivity index (χ3n) is 2.86. The Morgan fingerprint density at radius 3 is 2.16 bits per heavy atom. The molecule has 98 valence electrons. The fourth-order valence-electron chi connectivity index (χ4n) is 2.02. The van der Waals surface area contributed by atoms with Gasteiger partial charge < -0.3 is 5.32 Å². The number of carbonyl (C=O) groups is 1. The number of carbonyl (C=O) groups excluding carboxylic acids is 1. The summed E-state index contributed by atoms with van der Waals surface area (Å²) in [6.45, 7) is 6.00. The quantitative estimate of drug-likeness (QED) is 0.859. The molecule has 0 saturated heterocycles. The number of nitrogens with one attached hydrogen (secondary N) is 1. The van der Waals surface area contributed by atoms with Gasteiger partial charge in [-0.3, -0.25) is 4.79 Å². The normalized spacial score (nSPS) is 10.3. The Balaban J connectivity index is 2.25. The van der Waals surface area contributed by atoms with Crippen molar-refractivity contribution in [3.8, 4) is 0 Å². The predicted molar refractivity (Wildman–Crippen MR) is 82.7 cm³/mol. The van der Waals surface area contributed by atoms with Crippen LogP contribution in [0.2, 0.25) is 0 Å². The fourth-order valence-corrected chi connectivity index (χ4v) is 2.61. The molecule has 19 heavy (non-hydrogen) atoms. The maximum atomic E-state index is 12.2. The molecule has 3 heteroatoms. The van der Waals surface area contributed by atoms with Gasteiger partial charge in [0.15, 0.2) is 0 Å². The van der Waals surface area contributed by atoms with Crippen molar-refractivity contribution in [3.63, 3.8) is 0 Å². The van der Waals surface area contributed by atoms with Crippen LogP contribution in [0.4, 0.5) is 5.69 Å². The first-order chi connectivity index (χ1) is 8.95. The molecule has 2 aromatic carbocycles. The van der Waals surface area contributed by atoms with Gasteiger partial charge in [-0.25, -0.2) is 0 Å². The molecule has 0 aliphatic carbocycles. The summed E-state index contributed by atoms with van der Waals surface area (Å²) in [7, 11) is 0. The number of anilines is 1. The first-order valence-electron chi connectivity index (χ1n) is 6.11. The van der Waals surface area contributed by atoms with E-state index in [-0.39, 0.29) is 5.91 Å². The smallest absolute Gasteiger partial charge is 0.255 e. The van der Waals surface area contributed by atoms with Gasteiger partial charge in [-0.15, -0.1) is 0 Å². The zero-order chi connectivity index (χ0) is 14.0. The van der Waals surface area contributed by atoms with Gasteiger partial charge >= 0.3 is 0 Å². The topological polar surface area (TPSA) is 29.1 Å². The number of hydrogen-bond acceptors (Lipinski definition) is 1. The number of hydrogen-bond donors (Lipinski definition) is 1. The molecule has 2 nitrogen and oxygen atoms in total. The summed E-state index contributed by atoms with van der Waals surface area (Å²) in [5.74, 6) is -0.0867. The van der Waals surface area contributed by atoms with E-state index in [9.17, 15) is 4.79 Å². The average molecular weight is 318 g/mol. The molecule has 2 aromatic rings. The lowest BCUT2D eigenvalue weighted by molar-refractivity contribution is 0.102. The van der Waals surface area contributed by atoms with Crippen LogP contribution in [-0.4, -0.2) is 5.91 Å². The van der Waals surface area contributed by atoms with Crippen molar-refractivity contribution in [1.82, 2.24) is 0 Å². The lowest BCUT2D eigenvalue weighted by Crippen LogP contribution is -2.12. The van der Waals surface area contributed by atoms with Crippen molar-refractivity contribution in [2.45, 2.75) is 20.8 Å². The second-order valence-electron chi connectivity index (χ2n) is 4.81. The summed E-state index contributed by atoms with van der Waals surface area (Å²) in [6.07, 6.45) is 0. The summed E-state index contributed by atoms with van der Waals surface area (Å²) >= 11 is 3.46. The van der Waals surface area contributed by atoms with E-state index in [1.54, 1.807) is 0 Å². The molecule has 2 rings (SSSR count). The van der Waals surface area contributed by atoms with Gasteiger partial charge in [-0.1, -0.05) is 23.3 Å². The number of halogens is 1. The Kier molecular flexibility index (Phi) is 4.05. The number of rotatable bonds is 2. The number of amides is 1. The maximum absolute atomic E-state index is 12.2. The largest absolute Gasteiger partial charge is 0.321 e. The summed E-state index contributed by atoms with van der Waals surface area (Å²) in [5, 5.41) is 2.92. The molecule has 0 radical (unpaired) electrons. The van der Waals surface area contributed by atoms with Gasteiger partial charge in [0.25, 0.3) is 5.91 Å². The van der Waals surface area contributed by atoms with Crippen LogP contribution in [0.3, 0.4) is 0 Å². The van der Waals surface area contributed by atoms with E-state index in [1.807, 2.05) is 51.1 Å². The summed E-state index contributed by atoms with van der Waals surface area (Å²) in [4.78, 5) is 12.2. The fraction of sp³-hybridized carbons (Fsp3) is 0.188. The molecule has 0 atom stereocenters. The van der Waals surface area contributed by atoms with E-state index in [4.69, 9.17) is 0 Å². The van der Waals surface area contributed by atoms with Crippen LogP contribution in [0.25, 0.3) is 0 Å². The monoisotopic (exact) mass is 317 g/mol. The van der Waals surface area contributed by atoms with E-state index in [0.29, 0.717) is 5.56 Å². The first-order valence-corrected chi connectivity index (χ1v) is 6.91. The molecule has 0 saturated carbocycles. The third kappa shape index (κ3) is 3.44. The van der Waals surface area contributed by atoms with Gasteiger partial charge in [0.05, 0.1) is 5.69 Å². The molecule has 1 amide bonds. The van der Waals surface area contributed by atoms with E-state index >= 15 is 0 Å². The van der Waals surface area contributed by atoms with E-state index in [2.05, 4.69) is 27.3 Å². The minimum atomic E-state index is -0.0867. The molecule has 0 spiro atoms. The van der Waals surface area contributed by atoms with Crippen molar-refractivity contribution >= 4 is 27.5 Å². The van der Waals surface area contributed by atoms with Gasteiger partial charge in [0.2, 0.25) is 0 Å². The molecule has 0 fully saturated rings. The Bertz CT molecular complexity index is 614. The second kappa shape index (κ2) is 5.57. The predicted octanol–water partition coefficient (Wildman–Crippen LogP) is 4.63. The molecular weight excluding hydrogens is 302 g/mol. The van der Waals surface area contributed by atoms with Crippen LogP contribution in [0.15, 0.2) is 40.9 Å². The Hall–Kier alpha value is -1.61. The molecule has 1 N–H and O–H groups in total. The number of aryl methyl sites for hydroxylation is 3. The minimum Gasteiger partial charge on any atom is -0.321 e. The standard InChI is InChI=1S/C16H16BrNO/c1-10-4-5-15(14(17)9-10)18-16(19)13-7-11(2)6-12(3)8-13/h4-9H,1-3H3,(H,18,19).